The van der Waals surface area contributed by atoms with Crippen LogP contribution in [0.5, 0.6) is 0 Å². The van der Waals surface area contributed by atoms with Crippen molar-refractivity contribution in [2.45, 2.75) is 6.92 Å². The zero-order valence-electron chi connectivity index (χ0n) is 8.65. The highest BCUT2D eigenvalue weighted by atomic mass is 16.2. The van der Waals surface area contributed by atoms with Gasteiger partial charge in [-0.1, -0.05) is 6.07 Å². The van der Waals surface area contributed by atoms with Crippen LogP contribution in [0.4, 0.5) is 5.82 Å². The third-order valence-electron chi connectivity index (χ3n) is 1.66. The van der Waals surface area contributed by atoms with Gasteiger partial charge in [-0.3, -0.25) is 9.59 Å². The van der Waals surface area contributed by atoms with Crippen molar-refractivity contribution in [1.29, 1.82) is 5.26 Å². The minimum Gasteiger partial charge on any atom is -0.335 e. The van der Waals surface area contributed by atoms with Crippen LogP contribution in [0.2, 0.25) is 0 Å². The van der Waals surface area contributed by atoms with Gasteiger partial charge < -0.3 is 10.6 Å². The summed E-state index contributed by atoms with van der Waals surface area (Å²) in [5.74, 6) is -1.39. The highest BCUT2D eigenvalue weighted by Gasteiger charge is 2.13. The van der Waals surface area contributed by atoms with Crippen molar-refractivity contribution >= 4 is 17.6 Å². The molecule has 1 rings (SSSR count). The van der Waals surface area contributed by atoms with Crippen LogP contribution in [0.3, 0.4) is 0 Å². The quantitative estimate of drug-likeness (QED) is 0.538. The van der Waals surface area contributed by atoms with E-state index in [-0.39, 0.29) is 6.54 Å². The monoisotopic (exact) mass is 218 g/mol. The van der Waals surface area contributed by atoms with Crippen molar-refractivity contribution in [3.8, 4) is 6.07 Å². The minimum absolute atomic E-state index is 0.201. The number of carbonyl (C=O) groups excluding carboxylic acids is 2. The van der Waals surface area contributed by atoms with Crippen LogP contribution in [-0.2, 0) is 9.59 Å². The molecule has 1 heterocycles. The Morgan fingerprint density at radius 2 is 2.19 bits per heavy atom. The molecule has 0 atom stereocenters. The Hall–Kier alpha value is -2.42. The zero-order valence-corrected chi connectivity index (χ0v) is 8.65. The molecule has 0 aromatic carbocycles. The van der Waals surface area contributed by atoms with Gasteiger partial charge in [0.25, 0.3) is 0 Å². The molecule has 6 heteroatoms. The van der Waals surface area contributed by atoms with Gasteiger partial charge in [-0.2, -0.15) is 5.26 Å². The third kappa shape index (κ3) is 3.38. The molecule has 1 aromatic heterocycles. The molecule has 0 radical (unpaired) electrons. The SMILES string of the molecule is Cc1cccc(NC(=O)C(=O)NCC#N)n1. The summed E-state index contributed by atoms with van der Waals surface area (Å²) in [4.78, 5) is 26.3. The highest BCUT2D eigenvalue weighted by Crippen LogP contribution is 2.03. The second-order valence-corrected chi connectivity index (χ2v) is 2.96. The number of nitrogens with one attached hydrogen (secondary N) is 2. The fourth-order valence-corrected chi connectivity index (χ4v) is 0.986. The minimum atomic E-state index is -0.857. The Labute approximate surface area is 92.3 Å². The van der Waals surface area contributed by atoms with Crippen molar-refractivity contribution in [2.75, 3.05) is 11.9 Å². The number of anilines is 1. The first-order valence-electron chi connectivity index (χ1n) is 4.53. The average Bonchev–Trinajstić information content (AvgIpc) is 2.25. The van der Waals surface area contributed by atoms with Gasteiger partial charge in [-0.15, -0.1) is 0 Å². The molecule has 0 saturated heterocycles. The van der Waals surface area contributed by atoms with Crippen LogP contribution < -0.4 is 10.6 Å². The summed E-state index contributed by atoms with van der Waals surface area (Å²) >= 11 is 0. The van der Waals surface area contributed by atoms with Gasteiger partial charge in [-0.05, 0) is 19.1 Å². The number of hydrogen-bond donors (Lipinski definition) is 2. The first-order valence-corrected chi connectivity index (χ1v) is 4.53. The molecule has 0 aliphatic heterocycles. The molecule has 2 N–H and O–H groups in total. The number of aryl methyl sites for hydroxylation is 1. The smallest absolute Gasteiger partial charge is 0.314 e. The molecule has 82 valence electrons. The molecule has 0 bridgehead atoms. The van der Waals surface area contributed by atoms with Gasteiger partial charge in [0.1, 0.15) is 12.4 Å². The molecule has 0 fully saturated rings. The fraction of sp³-hybridized carbons (Fsp3) is 0.200. The van der Waals surface area contributed by atoms with Crippen LogP contribution in [0.25, 0.3) is 0 Å². The van der Waals surface area contributed by atoms with Gasteiger partial charge in [0.2, 0.25) is 0 Å². The fourth-order valence-electron chi connectivity index (χ4n) is 0.986. The summed E-state index contributed by atoms with van der Waals surface area (Å²) < 4.78 is 0. The van der Waals surface area contributed by atoms with E-state index in [1.54, 1.807) is 31.2 Å². The molecule has 6 nitrogen and oxygen atoms in total. The van der Waals surface area contributed by atoms with Gasteiger partial charge >= 0.3 is 11.8 Å². The molecule has 0 aliphatic carbocycles. The number of nitriles is 1. The van der Waals surface area contributed by atoms with Crippen LogP contribution in [-0.4, -0.2) is 23.3 Å². The Morgan fingerprint density at radius 1 is 1.44 bits per heavy atom. The van der Waals surface area contributed by atoms with Crippen LogP contribution in [0.1, 0.15) is 5.69 Å². The maximum absolute atomic E-state index is 11.3. The average molecular weight is 218 g/mol. The lowest BCUT2D eigenvalue weighted by Crippen LogP contribution is -2.35. The lowest BCUT2D eigenvalue weighted by molar-refractivity contribution is -0.136. The van der Waals surface area contributed by atoms with E-state index in [4.69, 9.17) is 5.26 Å². The van der Waals surface area contributed by atoms with E-state index in [0.29, 0.717) is 5.82 Å². The predicted octanol–water partition coefficient (Wildman–Crippen LogP) is -0.0317. The normalized spacial score (nSPS) is 9.00. The van der Waals surface area contributed by atoms with Crippen molar-refractivity contribution in [1.82, 2.24) is 10.3 Å². The first-order chi connectivity index (χ1) is 7.63. The molecule has 16 heavy (non-hydrogen) atoms. The Kier molecular flexibility index (Phi) is 3.98. The molecule has 1 aromatic rings. The van der Waals surface area contributed by atoms with Crippen molar-refractivity contribution in [2.24, 2.45) is 0 Å². The summed E-state index contributed by atoms with van der Waals surface area (Å²) in [7, 11) is 0. The first kappa shape index (κ1) is 11.7. The van der Waals surface area contributed by atoms with Gasteiger partial charge in [-0.25, -0.2) is 4.98 Å². The highest BCUT2D eigenvalue weighted by molar-refractivity contribution is 6.39. The maximum atomic E-state index is 11.3. The molecule has 0 aliphatic rings. The number of nitrogens with zero attached hydrogens (tertiary/aromatic N) is 2. The van der Waals surface area contributed by atoms with Crippen molar-refractivity contribution in [3.63, 3.8) is 0 Å². The molecular weight excluding hydrogens is 208 g/mol. The lowest BCUT2D eigenvalue weighted by Gasteiger charge is -2.03. The van der Waals surface area contributed by atoms with E-state index in [2.05, 4.69) is 15.6 Å². The summed E-state index contributed by atoms with van der Waals surface area (Å²) in [5, 5.41) is 12.7. The van der Waals surface area contributed by atoms with Crippen molar-refractivity contribution < 1.29 is 9.59 Å². The van der Waals surface area contributed by atoms with Crippen LogP contribution in [0.15, 0.2) is 18.2 Å². The largest absolute Gasteiger partial charge is 0.335 e. The topological polar surface area (TPSA) is 94.9 Å². The van der Waals surface area contributed by atoms with Crippen molar-refractivity contribution in [3.05, 3.63) is 23.9 Å². The number of amides is 2. The Balaban J connectivity index is 2.58. The Bertz CT molecular complexity index is 450. The standard InChI is InChI=1S/C10H10N4O2/c1-7-3-2-4-8(13-7)14-10(16)9(15)12-6-5-11/h2-4H,6H2,1H3,(H,12,15)(H,13,14,16). The number of carbonyl (C=O) groups is 2. The van der Waals surface area contributed by atoms with E-state index < -0.39 is 11.8 Å². The molecule has 0 unspecified atom stereocenters. The molecule has 0 saturated carbocycles. The second-order valence-electron chi connectivity index (χ2n) is 2.96. The summed E-state index contributed by atoms with van der Waals surface area (Å²) in [6.07, 6.45) is 0. The van der Waals surface area contributed by atoms with Crippen LogP contribution in [0, 0.1) is 18.3 Å². The summed E-state index contributed by atoms with van der Waals surface area (Å²) in [5.41, 5.74) is 0.732. The molecule has 0 spiro atoms. The van der Waals surface area contributed by atoms with Gasteiger partial charge in [0, 0.05) is 5.69 Å². The maximum Gasteiger partial charge on any atom is 0.314 e. The van der Waals surface area contributed by atoms with Gasteiger partial charge in [0.05, 0.1) is 6.07 Å². The second kappa shape index (κ2) is 5.46. The van der Waals surface area contributed by atoms with E-state index >= 15 is 0 Å². The number of pyridine rings is 1. The van der Waals surface area contributed by atoms with E-state index in [1.807, 2.05) is 0 Å². The molecule has 2 amide bonds. The van der Waals surface area contributed by atoms with Crippen LogP contribution >= 0.6 is 0 Å². The number of aromatic nitrogens is 1. The van der Waals surface area contributed by atoms with E-state index in [1.165, 1.54) is 0 Å². The molecular formula is C10H10N4O2. The Morgan fingerprint density at radius 3 is 2.81 bits per heavy atom. The number of hydrogen-bond acceptors (Lipinski definition) is 4. The van der Waals surface area contributed by atoms with Gasteiger partial charge in [0.15, 0.2) is 0 Å². The number of rotatable bonds is 2. The lowest BCUT2D eigenvalue weighted by atomic mass is 10.3. The summed E-state index contributed by atoms with van der Waals surface area (Å²) in [6.45, 7) is 1.57. The predicted molar refractivity (Wildman–Crippen MR) is 56.2 cm³/mol. The third-order valence-corrected chi connectivity index (χ3v) is 1.66. The van der Waals surface area contributed by atoms with E-state index in [0.717, 1.165) is 5.69 Å². The van der Waals surface area contributed by atoms with E-state index in [9.17, 15) is 9.59 Å². The summed E-state index contributed by atoms with van der Waals surface area (Å²) in [6, 6.07) is 6.75. The zero-order chi connectivity index (χ0) is 12.0.